The van der Waals surface area contributed by atoms with Gasteiger partial charge < -0.3 is 18.8 Å². The van der Waals surface area contributed by atoms with Gasteiger partial charge in [-0.3, -0.25) is 0 Å². The Balaban J connectivity index is 1.87. The first-order valence-corrected chi connectivity index (χ1v) is 8.39. The number of nitrogens with zero attached hydrogens (tertiary/aromatic N) is 3. The number of hydrogen-bond donors (Lipinski definition) is 0. The number of aromatic nitrogens is 3. The molecule has 0 bridgehead atoms. The number of carbonyl (C=O) groups is 1. The van der Waals surface area contributed by atoms with E-state index in [4.69, 9.17) is 21.1 Å². The molecule has 1 saturated heterocycles. The standard InChI is InChI=1S/C16H15ClF3N3O3/c1-15(2)25-11-7(5-24)3-9(12(11)26-15)23-4-8(16(18,19)20)10-13(17)21-6-22-14(10)23/h4-7,9,11-12H,3H2,1-2H3/t7-,9-,11-,12+/m1/s1. The van der Waals surface area contributed by atoms with E-state index in [1.54, 1.807) is 13.8 Å². The van der Waals surface area contributed by atoms with Gasteiger partial charge in [-0.05, 0) is 20.3 Å². The lowest BCUT2D eigenvalue weighted by molar-refractivity contribution is -0.160. The van der Waals surface area contributed by atoms with E-state index in [1.165, 1.54) is 4.57 Å². The molecule has 0 spiro atoms. The highest BCUT2D eigenvalue weighted by molar-refractivity contribution is 6.34. The zero-order valence-electron chi connectivity index (χ0n) is 13.8. The van der Waals surface area contributed by atoms with Crippen molar-refractivity contribution in [3.63, 3.8) is 0 Å². The molecule has 2 aromatic heterocycles. The summed E-state index contributed by atoms with van der Waals surface area (Å²) >= 11 is 5.92. The fourth-order valence-corrected chi connectivity index (χ4v) is 4.14. The second kappa shape index (κ2) is 5.64. The molecule has 2 aromatic rings. The summed E-state index contributed by atoms with van der Waals surface area (Å²) in [6.07, 6.45) is -2.57. The predicted octanol–water partition coefficient (Wildman–Crippen LogP) is 3.38. The van der Waals surface area contributed by atoms with Crippen LogP contribution in [0.1, 0.15) is 31.9 Å². The summed E-state index contributed by atoms with van der Waals surface area (Å²) in [4.78, 5) is 19.1. The molecule has 10 heteroatoms. The van der Waals surface area contributed by atoms with Crippen LogP contribution in [0.2, 0.25) is 5.15 Å². The average molecular weight is 390 g/mol. The van der Waals surface area contributed by atoms with Crippen molar-refractivity contribution in [1.29, 1.82) is 0 Å². The first-order chi connectivity index (χ1) is 12.1. The lowest BCUT2D eigenvalue weighted by Gasteiger charge is -2.23. The molecule has 3 heterocycles. The minimum absolute atomic E-state index is 0.0564. The predicted molar refractivity (Wildman–Crippen MR) is 84.6 cm³/mol. The molecule has 6 nitrogen and oxygen atoms in total. The Labute approximate surface area is 151 Å². The van der Waals surface area contributed by atoms with E-state index >= 15 is 0 Å². The third kappa shape index (κ3) is 2.60. The summed E-state index contributed by atoms with van der Waals surface area (Å²) in [6.45, 7) is 3.41. The zero-order chi connectivity index (χ0) is 18.9. The van der Waals surface area contributed by atoms with Crippen molar-refractivity contribution >= 4 is 28.9 Å². The molecule has 2 aliphatic rings. The van der Waals surface area contributed by atoms with Gasteiger partial charge in [0.15, 0.2) is 5.79 Å². The van der Waals surface area contributed by atoms with Gasteiger partial charge in [-0.25, -0.2) is 9.97 Å². The summed E-state index contributed by atoms with van der Waals surface area (Å²) in [7, 11) is 0. The highest BCUT2D eigenvalue weighted by Gasteiger charge is 2.55. The quantitative estimate of drug-likeness (QED) is 0.582. The minimum Gasteiger partial charge on any atom is -0.344 e. The molecule has 4 atom stereocenters. The maximum absolute atomic E-state index is 13.5. The van der Waals surface area contributed by atoms with Crippen molar-refractivity contribution < 1.29 is 27.4 Å². The number of rotatable bonds is 2. The van der Waals surface area contributed by atoms with Crippen LogP contribution < -0.4 is 0 Å². The van der Waals surface area contributed by atoms with Gasteiger partial charge in [-0.15, -0.1) is 0 Å². The number of aldehydes is 1. The molecule has 1 aliphatic heterocycles. The Bertz CT molecular complexity index is 883. The lowest BCUT2D eigenvalue weighted by Crippen LogP contribution is -2.27. The van der Waals surface area contributed by atoms with Crippen molar-refractivity contribution in [3.05, 3.63) is 23.2 Å². The van der Waals surface area contributed by atoms with Gasteiger partial charge in [-0.2, -0.15) is 13.2 Å². The average Bonchev–Trinajstić information content (AvgIpc) is 3.15. The van der Waals surface area contributed by atoms with Gasteiger partial charge in [0.1, 0.15) is 29.5 Å². The van der Waals surface area contributed by atoms with Gasteiger partial charge in [0, 0.05) is 12.1 Å². The van der Waals surface area contributed by atoms with E-state index in [0.717, 1.165) is 18.8 Å². The Morgan fingerprint density at radius 3 is 2.65 bits per heavy atom. The molecule has 0 unspecified atom stereocenters. The molecule has 1 aliphatic carbocycles. The molecule has 26 heavy (non-hydrogen) atoms. The van der Waals surface area contributed by atoms with Gasteiger partial charge in [0.05, 0.1) is 23.1 Å². The number of fused-ring (bicyclic) bond motifs is 2. The number of hydrogen-bond acceptors (Lipinski definition) is 5. The smallest absolute Gasteiger partial charge is 0.344 e. The summed E-state index contributed by atoms with van der Waals surface area (Å²) in [5.74, 6) is -1.39. The summed E-state index contributed by atoms with van der Waals surface area (Å²) < 4.78 is 53.5. The van der Waals surface area contributed by atoms with Crippen molar-refractivity contribution in [1.82, 2.24) is 14.5 Å². The van der Waals surface area contributed by atoms with Crippen LogP contribution in [-0.2, 0) is 20.4 Å². The zero-order valence-corrected chi connectivity index (χ0v) is 14.6. The second-order valence-corrected chi connectivity index (χ2v) is 7.34. The fraction of sp³-hybridized carbons (Fsp3) is 0.562. The van der Waals surface area contributed by atoms with Crippen molar-refractivity contribution in [2.45, 2.75) is 50.5 Å². The van der Waals surface area contributed by atoms with E-state index < -0.39 is 41.7 Å². The summed E-state index contributed by atoms with van der Waals surface area (Å²) in [5.41, 5.74) is -0.858. The first-order valence-electron chi connectivity index (χ1n) is 8.01. The van der Waals surface area contributed by atoms with Crippen LogP contribution in [0, 0.1) is 5.92 Å². The normalized spacial score (nSPS) is 30.7. The number of ether oxygens (including phenoxy) is 2. The summed E-state index contributed by atoms with van der Waals surface area (Å²) in [5, 5.41) is -0.530. The number of alkyl halides is 3. The van der Waals surface area contributed by atoms with Crippen LogP contribution in [-0.4, -0.2) is 38.8 Å². The molecule has 0 N–H and O–H groups in total. The van der Waals surface area contributed by atoms with Gasteiger partial charge >= 0.3 is 6.18 Å². The fourth-order valence-electron chi connectivity index (χ4n) is 3.91. The SMILES string of the molecule is CC1(C)O[C@@H]2[C@H](O1)[C@@H](C=O)C[C@H]2n1cc(C(F)(F)F)c2c(Cl)ncnc21. The Kier molecular flexibility index (Phi) is 3.84. The third-order valence-electron chi connectivity index (χ3n) is 4.88. The van der Waals surface area contributed by atoms with Gasteiger partial charge in [-0.1, -0.05) is 11.6 Å². The Morgan fingerprint density at radius 1 is 1.31 bits per heavy atom. The molecule has 2 fully saturated rings. The molecule has 0 radical (unpaired) electrons. The van der Waals surface area contributed by atoms with Crippen molar-refractivity contribution in [3.8, 4) is 0 Å². The van der Waals surface area contributed by atoms with E-state index in [1.807, 2.05) is 0 Å². The monoisotopic (exact) mass is 389 g/mol. The maximum Gasteiger partial charge on any atom is 0.418 e. The largest absolute Gasteiger partial charge is 0.418 e. The molecule has 0 amide bonds. The number of halogens is 4. The van der Waals surface area contributed by atoms with Gasteiger partial charge in [0.25, 0.3) is 0 Å². The maximum atomic E-state index is 13.5. The molecule has 4 rings (SSSR count). The van der Waals surface area contributed by atoms with Crippen LogP contribution in [0.5, 0.6) is 0 Å². The minimum atomic E-state index is -4.62. The van der Waals surface area contributed by atoms with Crippen LogP contribution in [0.3, 0.4) is 0 Å². The van der Waals surface area contributed by atoms with Gasteiger partial charge in [0.2, 0.25) is 0 Å². The van der Waals surface area contributed by atoms with Crippen molar-refractivity contribution in [2.24, 2.45) is 5.92 Å². The Hall–Kier alpha value is -1.71. The topological polar surface area (TPSA) is 66.2 Å². The highest BCUT2D eigenvalue weighted by Crippen LogP contribution is 2.48. The molecule has 140 valence electrons. The molecule has 0 aromatic carbocycles. The third-order valence-corrected chi connectivity index (χ3v) is 5.17. The van der Waals surface area contributed by atoms with Crippen molar-refractivity contribution in [2.75, 3.05) is 0 Å². The van der Waals surface area contributed by atoms with E-state index in [9.17, 15) is 18.0 Å². The summed E-state index contributed by atoms with van der Waals surface area (Å²) in [6, 6.07) is -0.540. The van der Waals surface area contributed by atoms with Crippen LogP contribution in [0.15, 0.2) is 12.5 Å². The van der Waals surface area contributed by atoms with Crippen LogP contribution in [0.25, 0.3) is 11.0 Å². The van der Waals surface area contributed by atoms with E-state index in [0.29, 0.717) is 0 Å². The van der Waals surface area contributed by atoms with Crippen LogP contribution in [0.4, 0.5) is 13.2 Å². The first kappa shape index (κ1) is 17.7. The van der Waals surface area contributed by atoms with E-state index in [-0.39, 0.29) is 22.6 Å². The highest BCUT2D eigenvalue weighted by atomic mass is 35.5. The molecular weight excluding hydrogens is 375 g/mol. The molecule has 1 saturated carbocycles. The lowest BCUT2D eigenvalue weighted by atomic mass is 10.1. The van der Waals surface area contributed by atoms with Crippen LogP contribution >= 0.6 is 11.6 Å². The second-order valence-electron chi connectivity index (χ2n) is 6.98. The molecular formula is C16H15ClF3N3O3. The Morgan fingerprint density at radius 2 is 2.00 bits per heavy atom. The number of carbonyl (C=O) groups excluding carboxylic acids is 1. The van der Waals surface area contributed by atoms with E-state index in [2.05, 4.69) is 9.97 Å².